The predicted octanol–water partition coefficient (Wildman–Crippen LogP) is 3.93. The third-order valence-electron chi connectivity index (χ3n) is 6.29. The Hall–Kier alpha value is -0.0800. The number of rotatable bonds is 5. The molecular formula is C18H35NO. The molecule has 0 spiro atoms. The molecule has 1 N–H and O–H groups in total. The molecule has 0 heterocycles. The Bertz CT molecular complexity index is 309. The molecule has 2 aliphatic rings. The number of hydrogen-bond donors (Lipinski definition) is 1. The molecule has 0 bridgehead atoms. The van der Waals surface area contributed by atoms with Crippen molar-refractivity contribution >= 4 is 0 Å². The van der Waals surface area contributed by atoms with E-state index in [0.717, 1.165) is 30.6 Å². The average molecular weight is 281 g/mol. The first-order chi connectivity index (χ1) is 9.33. The topological polar surface area (TPSA) is 23.5 Å². The lowest BCUT2D eigenvalue weighted by Crippen LogP contribution is -2.50. The zero-order chi connectivity index (χ0) is 14.9. The second kappa shape index (κ2) is 6.36. The maximum absolute atomic E-state index is 10.1. The summed E-state index contributed by atoms with van der Waals surface area (Å²) in [5.41, 5.74) is 0.395. The SMILES string of the molecule is CCC(C)(C)C1CCC(O)CC1N(C)CC1CC(C)C1. The molecule has 3 atom stereocenters. The second-order valence-electron chi connectivity index (χ2n) is 8.37. The fourth-order valence-electron chi connectivity index (χ4n) is 4.55. The van der Waals surface area contributed by atoms with Gasteiger partial charge in [0.05, 0.1) is 6.10 Å². The van der Waals surface area contributed by atoms with Crippen LogP contribution >= 0.6 is 0 Å². The molecule has 0 aromatic carbocycles. The minimum Gasteiger partial charge on any atom is -0.393 e. The molecule has 118 valence electrons. The van der Waals surface area contributed by atoms with E-state index >= 15 is 0 Å². The van der Waals surface area contributed by atoms with Crippen molar-refractivity contribution in [1.82, 2.24) is 4.90 Å². The number of aliphatic hydroxyl groups is 1. The lowest BCUT2D eigenvalue weighted by molar-refractivity contribution is -0.0203. The van der Waals surface area contributed by atoms with Gasteiger partial charge in [-0.15, -0.1) is 0 Å². The van der Waals surface area contributed by atoms with Crippen molar-refractivity contribution in [1.29, 1.82) is 0 Å². The summed E-state index contributed by atoms with van der Waals surface area (Å²) in [5.74, 6) is 2.58. The van der Waals surface area contributed by atoms with Crippen LogP contribution < -0.4 is 0 Å². The van der Waals surface area contributed by atoms with Gasteiger partial charge in [0.1, 0.15) is 0 Å². The highest BCUT2D eigenvalue weighted by Crippen LogP contribution is 2.43. The van der Waals surface area contributed by atoms with Crippen LogP contribution in [0.2, 0.25) is 0 Å². The van der Waals surface area contributed by atoms with E-state index in [-0.39, 0.29) is 6.10 Å². The molecule has 3 unspecified atom stereocenters. The van der Waals surface area contributed by atoms with Crippen LogP contribution in [0.25, 0.3) is 0 Å². The fraction of sp³-hybridized carbons (Fsp3) is 1.00. The van der Waals surface area contributed by atoms with Crippen LogP contribution in [-0.4, -0.2) is 35.7 Å². The van der Waals surface area contributed by atoms with Gasteiger partial charge in [-0.2, -0.15) is 0 Å². The summed E-state index contributed by atoms with van der Waals surface area (Å²) in [6.07, 6.45) is 7.14. The van der Waals surface area contributed by atoms with Crippen LogP contribution in [0.5, 0.6) is 0 Å². The Morgan fingerprint density at radius 3 is 2.35 bits per heavy atom. The van der Waals surface area contributed by atoms with Gasteiger partial charge in [-0.3, -0.25) is 0 Å². The Morgan fingerprint density at radius 2 is 1.80 bits per heavy atom. The molecular weight excluding hydrogens is 246 g/mol. The summed E-state index contributed by atoms with van der Waals surface area (Å²) < 4.78 is 0. The Kier molecular flexibility index (Phi) is 5.18. The summed E-state index contributed by atoms with van der Waals surface area (Å²) in [5, 5.41) is 10.1. The van der Waals surface area contributed by atoms with Gasteiger partial charge in [0.15, 0.2) is 0 Å². The predicted molar refractivity (Wildman–Crippen MR) is 85.7 cm³/mol. The maximum Gasteiger partial charge on any atom is 0.0555 e. The molecule has 2 nitrogen and oxygen atoms in total. The minimum absolute atomic E-state index is 0.0772. The Balaban J connectivity index is 1.99. The van der Waals surface area contributed by atoms with Crippen molar-refractivity contribution < 1.29 is 5.11 Å². The van der Waals surface area contributed by atoms with Crippen molar-refractivity contribution in [3.05, 3.63) is 0 Å². The quantitative estimate of drug-likeness (QED) is 0.825. The van der Waals surface area contributed by atoms with Crippen molar-refractivity contribution in [2.45, 2.75) is 78.4 Å². The summed E-state index contributed by atoms with van der Waals surface area (Å²) in [6.45, 7) is 10.8. The smallest absolute Gasteiger partial charge is 0.0555 e. The van der Waals surface area contributed by atoms with Crippen LogP contribution in [0.3, 0.4) is 0 Å². The summed E-state index contributed by atoms with van der Waals surface area (Å²) in [7, 11) is 2.30. The van der Waals surface area contributed by atoms with E-state index in [0.29, 0.717) is 11.5 Å². The van der Waals surface area contributed by atoms with E-state index in [1.807, 2.05) is 0 Å². The highest BCUT2D eigenvalue weighted by Gasteiger charge is 2.41. The minimum atomic E-state index is -0.0772. The normalized spacial score (nSPS) is 38.9. The van der Waals surface area contributed by atoms with Gasteiger partial charge in [0.2, 0.25) is 0 Å². The van der Waals surface area contributed by atoms with Gasteiger partial charge in [-0.25, -0.2) is 0 Å². The highest BCUT2D eigenvalue weighted by atomic mass is 16.3. The molecule has 0 amide bonds. The zero-order valence-corrected chi connectivity index (χ0v) is 14.2. The van der Waals surface area contributed by atoms with Crippen LogP contribution in [0.4, 0.5) is 0 Å². The van der Waals surface area contributed by atoms with Gasteiger partial charge in [0, 0.05) is 12.6 Å². The van der Waals surface area contributed by atoms with Crippen LogP contribution in [0.15, 0.2) is 0 Å². The van der Waals surface area contributed by atoms with Crippen molar-refractivity contribution in [3.63, 3.8) is 0 Å². The molecule has 2 heteroatoms. The molecule has 2 rings (SSSR count). The molecule has 2 fully saturated rings. The summed E-state index contributed by atoms with van der Waals surface area (Å²) in [4.78, 5) is 2.58. The first kappa shape index (κ1) is 16.3. The van der Waals surface area contributed by atoms with Crippen molar-refractivity contribution in [3.8, 4) is 0 Å². The van der Waals surface area contributed by atoms with Gasteiger partial charge in [-0.1, -0.05) is 34.1 Å². The molecule has 0 saturated heterocycles. The van der Waals surface area contributed by atoms with E-state index in [4.69, 9.17) is 0 Å². The number of nitrogens with zero attached hydrogens (tertiary/aromatic N) is 1. The number of hydrogen-bond acceptors (Lipinski definition) is 2. The lowest BCUT2D eigenvalue weighted by Gasteiger charge is -2.48. The first-order valence-corrected chi connectivity index (χ1v) is 8.71. The van der Waals surface area contributed by atoms with E-state index in [9.17, 15) is 5.11 Å². The van der Waals surface area contributed by atoms with Gasteiger partial charge in [0.25, 0.3) is 0 Å². The van der Waals surface area contributed by atoms with Gasteiger partial charge >= 0.3 is 0 Å². The molecule has 0 radical (unpaired) electrons. The molecule has 0 aliphatic heterocycles. The van der Waals surface area contributed by atoms with Crippen LogP contribution in [-0.2, 0) is 0 Å². The second-order valence-corrected chi connectivity index (χ2v) is 8.37. The van der Waals surface area contributed by atoms with Gasteiger partial charge in [-0.05, 0) is 62.3 Å². The Labute approximate surface area is 125 Å². The fourth-order valence-corrected chi connectivity index (χ4v) is 4.55. The van der Waals surface area contributed by atoms with Crippen LogP contribution in [0.1, 0.15) is 66.2 Å². The zero-order valence-electron chi connectivity index (χ0n) is 14.2. The van der Waals surface area contributed by atoms with E-state index in [1.54, 1.807) is 0 Å². The number of aliphatic hydroxyl groups excluding tert-OH is 1. The maximum atomic E-state index is 10.1. The molecule has 0 aromatic rings. The largest absolute Gasteiger partial charge is 0.393 e. The van der Waals surface area contributed by atoms with Crippen LogP contribution in [0, 0.1) is 23.2 Å². The molecule has 20 heavy (non-hydrogen) atoms. The molecule has 2 saturated carbocycles. The average Bonchev–Trinajstić information content (AvgIpc) is 2.36. The highest BCUT2D eigenvalue weighted by molar-refractivity contribution is 4.94. The summed E-state index contributed by atoms with van der Waals surface area (Å²) in [6, 6.07) is 0.574. The third kappa shape index (κ3) is 3.57. The molecule has 0 aromatic heterocycles. The van der Waals surface area contributed by atoms with Gasteiger partial charge < -0.3 is 10.0 Å². The van der Waals surface area contributed by atoms with E-state index in [1.165, 1.54) is 32.2 Å². The first-order valence-electron chi connectivity index (χ1n) is 8.71. The monoisotopic (exact) mass is 281 g/mol. The summed E-state index contributed by atoms with van der Waals surface area (Å²) >= 11 is 0. The third-order valence-corrected chi connectivity index (χ3v) is 6.29. The standard InChI is InChI=1S/C18H35NO/c1-6-18(3,4)16-8-7-15(20)11-17(16)19(5)12-14-9-13(2)10-14/h13-17,20H,6-12H2,1-5H3. The van der Waals surface area contributed by atoms with E-state index < -0.39 is 0 Å². The lowest BCUT2D eigenvalue weighted by atomic mass is 9.66. The van der Waals surface area contributed by atoms with E-state index in [2.05, 4.69) is 39.6 Å². The molecule has 2 aliphatic carbocycles. The van der Waals surface area contributed by atoms with Crippen molar-refractivity contribution in [2.24, 2.45) is 23.2 Å². The Morgan fingerprint density at radius 1 is 1.15 bits per heavy atom. The van der Waals surface area contributed by atoms with Crippen molar-refractivity contribution in [2.75, 3.05) is 13.6 Å².